The maximum Gasteiger partial charge on any atom is 0.270 e. The minimum absolute atomic E-state index is 0.0896. The quantitative estimate of drug-likeness (QED) is 0.241. The summed E-state index contributed by atoms with van der Waals surface area (Å²) >= 11 is 12.9. The number of hydrogen-bond donors (Lipinski definition) is 1. The first kappa shape index (κ1) is 23.6. The number of nitrogens with one attached hydrogen (secondary N) is 1. The fourth-order valence-corrected chi connectivity index (χ4v) is 5.77. The van der Waals surface area contributed by atoms with E-state index in [0.717, 1.165) is 16.5 Å². The molecule has 0 saturated carbocycles. The van der Waals surface area contributed by atoms with Gasteiger partial charge in [-0.3, -0.25) is 14.5 Å². The molecule has 10 heteroatoms. The molecule has 1 N–H and O–H groups in total. The first-order valence-electron chi connectivity index (χ1n) is 11.3. The molecule has 2 aliphatic rings. The topological polar surface area (TPSA) is 72.8 Å². The molecule has 1 fully saturated rings. The zero-order chi connectivity index (χ0) is 25.5. The standard InChI is InChI=1S/C27H18ClN3O4S2/c28-17-4-3-5-19(11-17)31-26(33)24(37-27(31)36)10-16-13-30(21-7-2-1-6-20(16)21)14-25(32)29-18-8-9-22-23(12-18)35-15-34-22/h1-13H,14-15H2,(H,29,32)/b24-10+. The number of ether oxygens (including phenoxy) is 2. The smallest absolute Gasteiger partial charge is 0.270 e. The van der Waals surface area contributed by atoms with Crippen LogP contribution >= 0.6 is 35.6 Å². The Kier molecular flexibility index (Phi) is 6.11. The van der Waals surface area contributed by atoms with E-state index in [1.54, 1.807) is 42.5 Å². The van der Waals surface area contributed by atoms with Crippen LogP contribution in [0.4, 0.5) is 11.4 Å². The van der Waals surface area contributed by atoms with E-state index in [1.165, 1.54) is 16.7 Å². The summed E-state index contributed by atoms with van der Waals surface area (Å²) in [4.78, 5) is 28.1. The van der Waals surface area contributed by atoms with Gasteiger partial charge < -0.3 is 19.4 Å². The molecule has 0 aliphatic carbocycles. The number of thioether (sulfide) groups is 1. The molecule has 0 radical (unpaired) electrons. The number of carbonyl (C=O) groups excluding carboxylic acids is 2. The second-order valence-electron chi connectivity index (χ2n) is 8.34. The number of para-hydroxylation sites is 1. The van der Waals surface area contributed by atoms with Crippen LogP contribution in [0, 0.1) is 0 Å². The molecule has 2 aliphatic heterocycles. The zero-order valence-corrected chi connectivity index (χ0v) is 21.5. The molecule has 3 aromatic carbocycles. The monoisotopic (exact) mass is 547 g/mol. The summed E-state index contributed by atoms with van der Waals surface area (Å²) < 4.78 is 13.0. The molecule has 0 atom stereocenters. The third-order valence-corrected chi connectivity index (χ3v) is 7.47. The van der Waals surface area contributed by atoms with E-state index in [4.69, 9.17) is 33.3 Å². The van der Waals surface area contributed by atoms with Crippen LogP contribution in [-0.4, -0.2) is 27.5 Å². The van der Waals surface area contributed by atoms with Gasteiger partial charge in [0.15, 0.2) is 15.8 Å². The van der Waals surface area contributed by atoms with Gasteiger partial charge in [-0.2, -0.15) is 0 Å². The largest absolute Gasteiger partial charge is 0.454 e. The van der Waals surface area contributed by atoms with Crippen LogP contribution in [0.1, 0.15) is 5.56 Å². The minimum atomic E-state index is -0.213. The molecule has 37 heavy (non-hydrogen) atoms. The van der Waals surface area contributed by atoms with E-state index < -0.39 is 0 Å². The Bertz CT molecular complexity index is 1630. The third kappa shape index (κ3) is 4.57. The minimum Gasteiger partial charge on any atom is -0.454 e. The summed E-state index contributed by atoms with van der Waals surface area (Å²) in [6.45, 7) is 0.259. The van der Waals surface area contributed by atoms with E-state index in [1.807, 2.05) is 41.1 Å². The molecule has 1 aromatic heterocycles. The van der Waals surface area contributed by atoms with Crippen molar-refractivity contribution < 1.29 is 19.1 Å². The van der Waals surface area contributed by atoms with Crippen LogP contribution in [0.2, 0.25) is 5.02 Å². The van der Waals surface area contributed by atoms with Gasteiger partial charge in [0, 0.05) is 39.4 Å². The van der Waals surface area contributed by atoms with Crippen molar-refractivity contribution in [1.82, 2.24) is 4.57 Å². The molecule has 184 valence electrons. The normalized spacial score (nSPS) is 15.7. The van der Waals surface area contributed by atoms with Crippen LogP contribution in [0.25, 0.3) is 17.0 Å². The lowest BCUT2D eigenvalue weighted by atomic mass is 10.1. The van der Waals surface area contributed by atoms with Gasteiger partial charge in [-0.15, -0.1) is 0 Å². The number of hydrogen-bond acceptors (Lipinski definition) is 6. The summed E-state index contributed by atoms with van der Waals surface area (Å²) in [5, 5.41) is 4.35. The van der Waals surface area contributed by atoms with Crippen molar-refractivity contribution in [2.24, 2.45) is 0 Å². The van der Waals surface area contributed by atoms with Gasteiger partial charge in [0.05, 0.1) is 10.6 Å². The number of benzene rings is 3. The molecule has 0 spiro atoms. The van der Waals surface area contributed by atoms with Gasteiger partial charge in [0.25, 0.3) is 5.91 Å². The number of rotatable bonds is 5. The van der Waals surface area contributed by atoms with Crippen molar-refractivity contribution in [3.8, 4) is 11.5 Å². The number of fused-ring (bicyclic) bond motifs is 2. The van der Waals surface area contributed by atoms with Crippen molar-refractivity contribution in [2.45, 2.75) is 6.54 Å². The Morgan fingerprint density at radius 1 is 1.08 bits per heavy atom. The summed E-state index contributed by atoms with van der Waals surface area (Å²) in [6.07, 6.45) is 3.69. The number of aromatic nitrogens is 1. The highest BCUT2D eigenvalue weighted by atomic mass is 35.5. The Morgan fingerprint density at radius 2 is 1.92 bits per heavy atom. The summed E-state index contributed by atoms with van der Waals surface area (Å²) in [5.74, 6) is 0.842. The molecule has 0 unspecified atom stereocenters. The lowest BCUT2D eigenvalue weighted by molar-refractivity contribution is -0.116. The highest BCUT2D eigenvalue weighted by molar-refractivity contribution is 8.27. The summed E-state index contributed by atoms with van der Waals surface area (Å²) in [7, 11) is 0. The second kappa shape index (κ2) is 9.59. The van der Waals surface area contributed by atoms with E-state index >= 15 is 0 Å². The van der Waals surface area contributed by atoms with Crippen molar-refractivity contribution in [1.29, 1.82) is 0 Å². The highest BCUT2D eigenvalue weighted by Gasteiger charge is 2.33. The maximum absolute atomic E-state index is 13.3. The summed E-state index contributed by atoms with van der Waals surface area (Å²) in [5.41, 5.74) is 2.94. The highest BCUT2D eigenvalue weighted by Crippen LogP contribution is 2.38. The lowest BCUT2D eigenvalue weighted by Gasteiger charge is -2.14. The van der Waals surface area contributed by atoms with Crippen molar-refractivity contribution in [2.75, 3.05) is 17.0 Å². The average molecular weight is 548 g/mol. The first-order valence-corrected chi connectivity index (χ1v) is 12.9. The van der Waals surface area contributed by atoms with Gasteiger partial charge in [0.1, 0.15) is 6.54 Å². The number of anilines is 2. The van der Waals surface area contributed by atoms with E-state index in [-0.39, 0.29) is 25.2 Å². The molecule has 4 aromatic rings. The van der Waals surface area contributed by atoms with Crippen LogP contribution in [0.15, 0.2) is 77.8 Å². The summed E-state index contributed by atoms with van der Waals surface area (Å²) in [6, 6.07) is 20.0. The van der Waals surface area contributed by atoms with Gasteiger partial charge in [-0.1, -0.05) is 59.8 Å². The maximum atomic E-state index is 13.3. The van der Waals surface area contributed by atoms with Crippen molar-refractivity contribution >= 4 is 80.1 Å². The van der Waals surface area contributed by atoms with E-state index in [9.17, 15) is 9.59 Å². The number of carbonyl (C=O) groups is 2. The SMILES string of the molecule is O=C(Cn1cc(/C=C2/SC(=S)N(c3cccc(Cl)c3)C2=O)c2ccccc21)Nc1ccc2c(c1)OCO2. The first-order chi connectivity index (χ1) is 18.0. The molecule has 0 bridgehead atoms. The molecule has 3 heterocycles. The number of amides is 2. The zero-order valence-electron chi connectivity index (χ0n) is 19.1. The average Bonchev–Trinajstić information content (AvgIpc) is 3.55. The second-order valence-corrected chi connectivity index (χ2v) is 10.5. The Labute approximate surface area is 226 Å². The van der Waals surface area contributed by atoms with Crippen LogP contribution in [0.3, 0.4) is 0 Å². The van der Waals surface area contributed by atoms with Crippen molar-refractivity contribution in [3.05, 3.63) is 88.4 Å². The molecular weight excluding hydrogens is 530 g/mol. The molecule has 7 nitrogen and oxygen atoms in total. The predicted molar refractivity (Wildman–Crippen MR) is 150 cm³/mol. The van der Waals surface area contributed by atoms with Crippen LogP contribution in [-0.2, 0) is 16.1 Å². The third-order valence-electron chi connectivity index (χ3n) is 5.94. The number of thiocarbonyl (C=S) groups is 1. The molecule has 1 saturated heterocycles. The van der Waals surface area contributed by atoms with Crippen LogP contribution < -0.4 is 19.7 Å². The Hall–Kier alpha value is -3.79. The van der Waals surface area contributed by atoms with Crippen molar-refractivity contribution in [3.63, 3.8) is 0 Å². The Morgan fingerprint density at radius 3 is 2.78 bits per heavy atom. The number of nitrogens with zero attached hydrogens (tertiary/aromatic N) is 2. The Balaban J connectivity index is 1.27. The fraction of sp³-hybridized carbons (Fsp3) is 0.0741. The fourth-order valence-electron chi connectivity index (χ4n) is 4.30. The molecule has 2 amide bonds. The van der Waals surface area contributed by atoms with E-state index in [0.29, 0.717) is 37.1 Å². The van der Waals surface area contributed by atoms with Gasteiger partial charge >= 0.3 is 0 Å². The van der Waals surface area contributed by atoms with Crippen LogP contribution in [0.5, 0.6) is 11.5 Å². The predicted octanol–water partition coefficient (Wildman–Crippen LogP) is 6.07. The van der Waals surface area contributed by atoms with E-state index in [2.05, 4.69) is 5.32 Å². The van der Waals surface area contributed by atoms with Gasteiger partial charge in [-0.25, -0.2) is 0 Å². The van der Waals surface area contributed by atoms with Gasteiger partial charge in [0.2, 0.25) is 12.7 Å². The number of halogens is 1. The van der Waals surface area contributed by atoms with Gasteiger partial charge in [-0.05, 0) is 42.5 Å². The lowest BCUT2D eigenvalue weighted by Crippen LogP contribution is -2.27. The molecular formula is C27H18ClN3O4S2. The molecule has 6 rings (SSSR count).